The van der Waals surface area contributed by atoms with Crippen molar-refractivity contribution in [1.29, 1.82) is 0 Å². The van der Waals surface area contributed by atoms with Crippen molar-refractivity contribution in [3.8, 4) is 5.75 Å². The van der Waals surface area contributed by atoms with Gasteiger partial charge in [0.2, 0.25) is 0 Å². The Morgan fingerprint density at radius 1 is 1.25 bits per heavy atom. The molecule has 1 aliphatic rings. The van der Waals surface area contributed by atoms with Crippen LogP contribution < -0.4 is 4.74 Å². The van der Waals surface area contributed by atoms with E-state index in [-0.39, 0.29) is 5.91 Å². The van der Waals surface area contributed by atoms with E-state index in [9.17, 15) is 4.79 Å². The van der Waals surface area contributed by atoms with Crippen LogP contribution in [0.4, 0.5) is 0 Å². The second-order valence-electron chi connectivity index (χ2n) is 5.47. The number of benzene rings is 1. The van der Waals surface area contributed by atoms with Crippen LogP contribution >= 0.6 is 0 Å². The predicted molar refractivity (Wildman–Crippen MR) is 81.5 cm³/mol. The highest BCUT2D eigenvalue weighted by molar-refractivity contribution is 5.97. The Labute approximate surface area is 121 Å². The quantitative estimate of drug-likeness (QED) is 0.817. The summed E-state index contributed by atoms with van der Waals surface area (Å²) in [6, 6.07) is 6.07. The van der Waals surface area contributed by atoms with Crippen molar-refractivity contribution in [3.05, 3.63) is 29.3 Å². The number of nitrogens with zero attached hydrogens (tertiary/aromatic N) is 1. The van der Waals surface area contributed by atoms with Gasteiger partial charge in [0.25, 0.3) is 5.91 Å². The van der Waals surface area contributed by atoms with Gasteiger partial charge in [-0.05, 0) is 49.3 Å². The number of carbonyl (C=O) groups is 1. The third-order valence-electron chi connectivity index (χ3n) is 4.31. The standard InChI is InChI=1S/C17H25NO2/c1-4-13(5-2)14-8-9-15(16(12-14)20-3)17(19)18-10-6-7-11-18/h8-9,12-13H,4-7,10-11H2,1-3H3. The Morgan fingerprint density at radius 3 is 2.45 bits per heavy atom. The summed E-state index contributed by atoms with van der Waals surface area (Å²) in [7, 11) is 1.65. The normalized spacial score (nSPS) is 14.9. The van der Waals surface area contributed by atoms with Crippen molar-refractivity contribution >= 4 is 5.91 Å². The summed E-state index contributed by atoms with van der Waals surface area (Å²) in [5.41, 5.74) is 1.97. The summed E-state index contributed by atoms with van der Waals surface area (Å²) in [4.78, 5) is 14.4. The third-order valence-corrected chi connectivity index (χ3v) is 4.31. The summed E-state index contributed by atoms with van der Waals surface area (Å²) < 4.78 is 5.46. The van der Waals surface area contributed by atoms with E-state index >= 15 is 0 Å². The van der Waals surface area contributed by atoms with E-state index in [4.69, 9.17) is 4.74 Å². The Hall–Kier alpha value is -1.51. The van der Waals surface area contributed by atoms with E-state index in [1.165, 1.54) is 5.56 Å². The first-order chi connectivity index (χ1) is 9.71. The molecule has 0 atom stereocenters. The Kier molecular flexibility index (Phi) is 5.05. The molecule has 20 heavy (non-hydrogen) atoms. The number of carbonyl (C=O) groups excluding carboxylic acids is 1. The molecule has 0 saturated carbocycles. The smallest absolute Gasteiger partial charge is 0.257 e. The fraction of sp³-hybridized carbons (Fsp3) is 0.588. The zero-order chi connectivity index (χ0) is 14.5. The van der Waals surface area contributed by atoms with Crippen LogP contribution in [0.5, 0.6) is 5.75 Å². The predicted octanol–water partition coefficient (Wildman–Crippen LogP) is 3.83. The molecular formula is C17H25NO2. The van der Waals surface area contributed by atoms with Gasteiger partial charge in [0, 0.05) is 13.1 Å². The first kappa shape index (κ1) is 14.9. The highest BCUT2D eigenvalue weighted by atomic mass is 16.5. The fourth-order valence-corrected chi connectivity index (χ4v) is 2.99. The number of likely N-dealkylation sites (tertiary alicyclic amines) is 1. The molecule has 0 N–H and O–H groups in total. The minimum absolute atomic E-state index is 0.107. The molecule has 1 fully saturated rings. The van der Waals surface area contributed by atoms with E-state index in [2.05, 4.69) is 19.9 Å². The molecule has 1 aliphatic heterocycles. The van der Waals surface area contributed by atoms with Crippen molar-refractivity contribution in [1.82, 2.24) is 4.90 Å². The maximum absolute atomic E-state index is 12.5. The summed E-state index contributed by atoms with van der Waals surface area (Å²) in [6.07, 6.45) is 4.44. The molecular weight excluding hydrogens is 250 g/mol. The van der Waals surface area contributed by atoms with Gasteiger partial charge in [-0.2, -0.15) is 0 Å². The van der Waals surface area contributed by atoms with E-state index < -0.39 is 0 Å². The molecule has 1 amide bonds. The SMILES string of the molecule is CCC(CC)c1ccc(C(=O)N2CCCC2)c(OC)c1. The Balaban J connectivity index is 2.27. The van der Waals surface area contributed by atoms with Gasteiger partial charge in [0.15, 0.2) is 0 Å². The molecule has 0 unspecified atom stereocenters. The topological polar surface area (TPSA) is 29.5 Å². The first-order valence-electron chi connectivity index (χ1n) is 7.68. The largest absolute Gasteiger partial charge is 0.496 e. The second-order valence-corrected chi connectivity index (χ2v) is 5.47. The third kappa shape index (κ3) is 2.97. The average molecular weight is 275 g/mol. The first-order valence-corrected chi connectivity index (χ1v) is 7.68. The van der Waals surface area contributed by atoms with Crippen molar-refractivity contribution in [2.45, 2.75) is 45.4 Å². The molecule has 0 spiro atoms. The minimum atomic E-state index is 0.107. The van der Waals surface area contributed by atoms with Gasteiger partial charge in [0.05, 0.1) is 12.7 Å². The van der Waals surface area contributed by atoms with Crippen LogP contribution in [0.25, 0.3) is 0 Å². The van der Waals surface area contributed by atoms with E-state index in [0.717, 1.165) is 38.8 Å². The van der Waals surface area contributed by atoms with Crippen LogP contribution in [0.2, 0.25) is 0 Å². The molecule has 1 aromatic carbocycles. The van der Waals surface area contributed by atoms with Crippen LogP contribution in [0.1, 0.15) is 61.4 Å². The van der Waals surface area contributed by atoms with Crippen LogP contribution in [0.15, 0.2) is 18.2 Å². The molecule has 3 heteroatoms. The maximum atomic E-state index is 12.5. The molecule has 0 aliphatic carbocycles. The van der Waals surface area contributed by atoms with Crippen LogP contribution in [-0.4, -0.2) is 31.0 Å². The molecule has 2 rings (SSSR count). The Bertz CT molecular complexity index is 460. The zero-order valence-corrected chi connectivity index (χ0v) is 12.8. The summed E-state index contributed by atoms with van der Waals surface area (Å²) in [5.74, 6) is 1.36. The van der Waals surface area contributed by atoms with Crippen LogP contribution in [0, 0.1) is 0 Å². The van der Waals surface area contributed by atoms with Gasteiger partial charge in [0.1, 0.15) is 5.75 Å². The minimum Gasteiger partial charge on any atom is -0.496 e. The van der Waals surface area contributed by atoms with Gasteiger partial charge >= 0.3 is 0 Å². The van der Waals surface area contributed by atoms with Crippen molar-refractivity contribution in [3.63, 3.8) is 0 Å². The number of hydrogen-bond acceptors (Lipinski definition) is 2. The highest BCUT2D eigenvalue weighted by Gasteiger charge is 2.23. The molecule has 1 saturated heterocycles. The summed E-state index contributed by atoms with van der Waals surface area (Å²) in [5, 5.41) is 0. The lowest BCUT2D eigenvalue weighted by Crippen LogP contribution is -2.28. The van der Waals surface area contributed by atoms with Crippen molar-refractivity contribution < 1.29 is 9.53 Å². The number of hydrogen-bond donors (Lipinski definition) is 0. The molecule has 110 valence electrons. The summed E-state index contributed by atoms with van der Waals surface area (Å²) >= 11 is 0. The average Bonchev–Trinajstić information content (AvgIpc) is 3.02. The molecule has 0 bridgehead atoms. The molecule has 0 radical (unpaired) electrons. The van der Waals surface area contributed by atoms with Crippen molar-refractivity contribution in [2.24, 2.45) is 0 Å². The number of rotatable bonds is 5. The van der Waals surface area contributed by atoms with E-state index in [0.29, 0.717) is 17.2 Å². The van der Waals surface area contributed by atoms with Gasteiger partial charge in [-0.1, -0.05) is 19.9 Å². The van der Waals surface area contributed by atoms with Crippen molar-refractivity contribution in [2.75, 3.05) is 20.2 Å². The van der Waals surface area contributed by atoms with Gasteiger partial charge in [-0.3, -0.25) is 4.79 Å². The lowest BCUT2D eigenvalue weighted by molar-refractivity contribution is 0.0789. The monoisotopic (exact) mass is 275 g/mol. The molecule has 0 aromatic heterocycles. The molecule has 1 heterocycles. The van der Waals surface area contributed by atoms with E-state index in [1.54, 1.807) is 7.11 Å². The number of methoxy groups -OCH3 is 1. The second kappa shape index (κ2) is 6.78. The lowest BCUT2D eigenvalue weighted by Gasteiger charge is -2.19. The Morgan fingerprint density at radius 2 is 1.90 bits per heavy atom. The number of ether oxygens (including phenoxy) is 1. The fourth-order valence-electron chi connectivity index (χ4n) is 2.99. The van der Waals surface area contributed by atoms with Crippen LogP contribution in [-0.2, 0) is 0 Å². The molecule has 3 nitrogen and oxygen atoms in total. The van der Waals surface area contributed by atoms with Gasteiger partial charge in [-0.15, -0.1) is 0 Å². The zero-order valence-electron chi connectivity index (χ0n) is 12.8. The van der Waals surface area contributed by atoms with Gasteiger partial charge in [-0.25, -0.2) is 0 Å². The van der Waals surface area contributed by atoms with E-state index in [1.807, 2.05) is 17.0 Å². The highest BCUT2D eigenvalue weighted by Crippen LogP contribution is 2.30. The maximum Gasteiger partial charge on any atom is 0.257 e. The van der Waals surface area contributed by atoms with Gasteiger partial charge < -0.3 is 9.64 Å². The van der Waals surface area contributed by atoms with Crippen LogP contribution in [0.3, 0.4) is 0 Å². The molecule has 1 aromatic rings. The summed E-state index contributed by atoms with van der Waals surface area (Å²) in [6.45, 7) is 6.14. The lowest BCUT2D eigenvalue weighted by atomic mass is 9.93. The number of amides is 1.